The number of hydrogen-bond donors (Lipinski definition) is 1. The molecule has 0 saturated carbocycles. The van der Waals surface area contributed by atoms with Gasteiger partial charge in [-0.1, -0.05) is 6.07 Å². The molecule has 2 N–H and O–H groups in total. The van der Waals surface area contributed by atoms with Crippen LogP contribution in [0.5, 0.6) is 5.75 Å². The molecule has 1 aromatic heterocycles. The van der Waals surface area contributed by atoms with Gasteiger partial charge in [0, 0.05) is 6.20 Å². The van der Waals surface area contributed by atoms with Crippen LogP contribution in [0.3, 0.4) is 0 Å². The standard InChI is InChI=1S/C14H17N3O/c15-14-6-7-17(16-14)8-9-18-13-5-4-11-2-1-3-12(11)10-13/h4-7,10H,1-3,8-9H2,(H2,15,16). The summed E-state index contributed by atoms with van der Waals surface area (Å²) < 4.78 is 7.54. The largest absolute Gasteiger partial charge is 0.492 e. The van der Waals surface area contributed by atoms with Crippen molar-refractivity contribution in [1.82, 2.24) is 9.78 Å². The Kier molecular flexibility index (Phi) is 2.92. The van der Waals surface area contributed by atoms with E-state index in [-0.39, 0.29) is 0 Å². The van der Waals surface area contributed by atoms with Gasteiger partial charge in [0.1, 0.15) is 18.2 Å². The predicted octanol–water partition coefficient (Wildman–Crippen LogP) is 2.03. The van der Waals surface area contributed by atoms with Crippen LogP contribution in [0.15, 0.2) is 30.5 Å². The lowest BCUT2D eigenvalue weighted by Crippen LogP contribution is -2.09. The highest BCUT2D eigenvalue weighted by Crippen LogP contribution is 2.25. The van der Waals surface area contributed by atoms with Crippen molar-refractivity contribution in [3.8, 4) is 5.75 Å². The van der Waals surface area contributed by atoms with Crippen LogP contribution < -0.4 is 10.5 Å². The molecule has 1 heterocycles. The van der Waals surface area contributed by atoms with Gasteiger partial charge in [0.2, 0.25) is 0 Å². The van der Waals surface area contributed by atoms with Gasteiger partial charge in [-0.25, -0.2) is 0 Å². The highest BCUT2D eigenvalue weighted by atomic mass is 16.5. The minimum Gasteiger partial charge on any atom is -0.492 e. The van der Waals surface area contributed by atoms with Gasteiger partial charge in [-0.05, 0) is 48.6 Å². The molecule has 1 aromatic carbocycles. The monoisotopic (exact) mass is 243 g/mol. The molecule has 0 atom stereocenters. The second-order valence-electron chi connectivity index (χ2n) is 4.64. The fourth-order valence-electron chi connectivity index (χ4n) is 2.40. The van der Waals surface area contributed by atoms with Gasteiger partial charge >= 0.3 is 0 Å². The molecule has 4 heteroatoms. The SMILES string of the molecule is Nc1ccn(CCOc2ccc3c(c2)CCC3)n1. The van der Waals surface area contributed by atoms with Gasteiger partial charge in [-0.15, -0.1) is 0 Å². The second kappa shape index (κ2) is 4.72. The van der Waals surface area contributed by atoms with Crippen molar-refractivity contribution in [2.75, 3.05) is 12.3 Å². The van der Waals surface area contributed by atoms with Crippen molar-refractivity contribution in [3.63, 3.8) is 0 Å². The average Bonchev–Trinajstić information content (AvgIpc) is 2.97. The van der Waals surface area contributed by atoms with E-state index in [0.717, 1.165) is 5.75 Å². The maximum absolute atomic E-state index is 5.74. The minimum absolute atomic E-state index is 0.549. The van der Waals surface area contributed by atoms with E-state index < -0.39 is 0 Å². The van der Waals surface area contributed by atoms with Gasteiger partial charge in [0.05, 0.1) is 6.54 Å². The van der Waals surface area contributed by atoms with Crippen molar-refractivity contribution in [2.24, 2.45) is 0 Å². The van der Waals surface area contributed by atoms with E-state index in [1.54, 1.807) is 10.7 Å². The summed E-state index contributed by atoms with van der Waals surface area (Å²) in [6.07, 6.45) is 5.52. The first kappa shape index (κ1) is 11.1. The number of nitrogen functional groups attached to an aromatic ring is 1. The molecule has 0 aliphatic heterocycles. The fourth-order valence-corrected chi connectivity index (χ4v) is 2.40. The molecule has 0 spiro atoms. The first-order valence-electron chi connectivity index (χ1n) is 6.35. The number of nitrogens with zero attached hydrogens (tertiary/aromatic N) is 2. The van der Waals surface area contributed by atoms with Crippen LogP contribution >= 0.6 is 0 Å². The van der Waals surface area contributed by atoms with Gasteiger partial charge in [-0.2, -0.15) is 5.10 Å². The number of fused-ring (bicyclic) bond motifs is 1. The highest BCUT2D eigenvalue weighted by molar-refractivity contribution is 5.38. The summed E-state index contributed by atoms with van der Waals surface area (Å²) in [6.45, 7) is 1.33. The zero-order valence-electron chi connectivity index (χ0n) is 10.3. The molecular weight excluding hydrogens is 226 g/mol. The number of hydrogen-bond acceptors (Lipinski definition) is 3. The third kappa shape index (κ3) is 2.32. The summed E-state index contributed by atoms with van der Waals surface area (Å²) >= 11 is 0. The highest BCUT2D eigenvalue weighted by Gasteiger charge is 2.10. The summed E-state index contributed by atoms with van der Waals surface area (Å²) in [5.74, 6) is 1.50. The summed E-state index contributed by atoms with van der Waals surface area (Å²) in [5, 5.41) is 4.11. The Bertz CT molecular complexity index is 548. The maximum atomic E-state index is 5.74. The molecular formula is C14H17N3O. The Morgan fingerprint density at radius 3 is 2.94 bits per heavy atom. The second-order valence-corrected chi connectivity index (χ2v) is 4.64. The number of benzene rings is 1. The van der Waals surface area contributed by atoms with Crippen LogP contribution in [0.4, 0.5) is 5.82 Å². The molecule has 3 rings (SSSR count). The van der Waals surface area contributed by atoms with Crippen molar-refractivity contribution in [1.29, 1.82) is 0 Å². The third-order valence-corrected chi connectivity index (χ3v) is 3.32. The Balaban J connectivity index is 1.57. The first-order valence-corrected chi connectivity index (χ1v) is 6.35. The Morgan fingerprint density at radius 1 is 1.22 bits per heavy atom. The van der Waals surface area contributed by atoms with Crippen LogP contribution in [-0.4, -0.2) is 16.4 Å². The van der Waals surface area contributed by atoms with E-state index in [1.807, 2.05) is 6.20 Å². The number of anilines is 1. The number of aromatic nitrogens is 2. The molecule has 2 aromatic rings. The van der Waals surface area contributed by atoms with Crippen LogP contribution in [0.25, 0.3) is 0 Å². The Morgan fingerprint density at radius 2 is 2.11 bits per heavy atom. The number of ether oxygens (including phenoxy) is 1. The van der Waals surface area contributed by atoms with Crippen molar-refractivity contribution in [3.05, 3.63) is 41.6 Å². The molecule has 0 amide bonds. The lowest BCUT2D eigenvalue weighted by atomic mass is 10.1. The topological polar surface area (TPSA) is 53.1 Å². The van der Waals surface area contributed by atoms with E-state index in [2.05, 4.69) is 23.3 Å². The molecule has 0 radical (unpaired) electrons. The summed E-state index contributed by atoms with van der Waals surface area (Å²) in [4.78, 5) is 0. The summed E-state index contributed by atoms with van der Waals surface area (Å²) in [7, 11) is 0. The molecule has 0 saturated heterocycles. The zero-order chi connectivity index (χ0) is 12.4. The minimum atomic E-state index is 0.549. The molecule has 18 heavy (non-hydrogen) atoms. The molecule has 1 aliphatic rings. The van der Waals surface area contributed by atoms with Crippen molar-refractivity contribution >= 4 is 5.82 Å². The number of nitrogens with two attached hydrogens (primary N) is 1. The van der Waals surface area contributed by atoms with E-state index in [4.69, 9.17) is 10.5 Å². The van der Waals surface area contributed by atoms with Gasteiger partial charge < -0.3 is 10.5 Å². The van der Waals surface area contributed by atoms with Gasteiger partial charge in [0.25, 0.3) is 0 Å². The van der Waals surface area contributed by atoms with E-state index in [9.17, 15) is 0 Å². The Hall–Kier alpha value is -1.97. The maximum Gasteiger partial charge on any atom is 0.145 e. The van der Waals surface area contributed by atoms with Crippen molar-refractivity contribution in [2.45, 2.75) is 25.8 Å². The van der Waals surface area contributed by atoms with Gasteiger partial charge in [0.15, 0.2) is 0 Å². The molecule has 1 aliphatic carbocycles. The average molecular weight is 243 g/mol. The van der Waals surface area contributed by atoms with Crippen LogP contribution in [0.1, 0.15) is 17.5 Å². The normalized spacial score (nSPS) is 13.6. The van der Waals surface area contributed by atoms with Crippen molar-refractivity contribution < 1.29 is 4.74 Å². The number of rotatable bonds is 4. The lowest BCUT2D eigenvalue weighted by molar-refractivity contribution is 0.291. The fraction of sp³-hybridized carbons (Fsp3) is 0.357. The predicted molar refractivity (Wildman–Crippen MR) is 70.6 cm³/mol. The molecule has 0 bridgehead atoms. The van der Waals surface area contributed by atoms with E-state index >= 15 is 0 Å². The Labute approximate surface area is 106 Å². The van der Waals surface area contributed by atoms with Gasteiger partial charge in [-0.3, -0.25) is 4.68 Å². The van der Waals surface area contributed by atoms with E-state index in [1.165, 1.54) is 30.4 Å². The molecule has 4 nitrogen and oxygen atoms in total. The van der Waals surface area contributed by atoms with E-state index in [0.29, 0.717) is 19.0 Å². The molecule has 0 fully saturated rings. The lowest BCUT2D eigenvalue weighted by Gasteiger charge is -2.08. The smallest absolute Gasteiger partial charge is 0.145 e. The summed E-state index contributed by atoms with van der Waals surface area (Å²) in [6, 6.07) is 8.19. The van der Waals surface area contributed by atoms with Crippen LogP contribution in [0.2, 0.25) is 0 Å². The zero-order valence-corrected chi connectivity index (χ0v) is 10.3. The van der Waals surface area contributed by atoms with Crippen LogP contribution in [0, 0.1) is 0 Å². The summed E-state index contributed by atoms with van der Waals surface area (Å²) in [5.41, 5.74) is 8.47. The molecule has 0 unspecified atom stereocenters. The quantitative estimate of drug-likeness (QED) is 0.894. The first-order chi connectivity index (χ1) is 8.81. The molecule has 94 valence electrons. The van der Waals surface area contributed by atoms with Crippen LogP contribution in [-0.2, 0) is 19.4 Å². The number of aryl methyl sites for hydroxylation is 2. The third-order valence-electron chi connectivity index (χ3n) is 3.32.